The zero-order chi connectivity index (χ0) is 12.6. The number of alkyl halides is 3. The Morgan fingerprint density at radius 1 is 1.47 bits per heavy atom. The molecular weight excluding hydrogens is 259 g/mol. The Morgan fingerprint density at radius 3 is 2.41 bits per heavy atom. The van der Waals surface area contributed by atoms with Gasteiger partial charge in [-0.1, -0.05) is 6.92 Å². The van der Waals surface area contributed by atoms with Crippen molar-refractivity contribution in [2.75, 3.05) is 0 Å². The molecule has 0 fully saturated rings. The summed E-state index contributed by atoms with van der Waals surface area (Å²) in [5.41, 5.74) is 2.55. The maximum absolute atomic E-state index is 12.4. The van der Waals surface area contributed by atoms with E-state index < -0.39 is 23.0 Å². The molecule has 0 radical (unpaired) electrons. The van der Waals surface area contributed by atoms with Gasteiger partial charge >= 0.3 is 6.18 Å². The van der Waals surface area contributed by atoms with E-state index in [4.69, 9.17) is 5.73 Å². The van der Waals surface area contributed by atoms with Gasteiger partial charge < -0.3 is 10.7 Å². The van der Waals surface area contributed by atoms with E-state index in [-0.39, 0.29) is 18.2 Å². The second-order valence-electron chi connectivity index (χ2n) is 3.75. The van der Waals surface area contributed by atoms with Gasteiger partial charge in [0, 0.05) is 6.07 Å². The zero-order valence-corrected chi connectivity index (χ0v) is 10.1. The molecule has 1 atom stereocenters. The number of rotatable bonds is 2. The molecule has 0 aromatic carbocycles. The van der Waals surface area contributed by atoms with Gasteiger partial charge in [0.05, 0.1) is 5.54 Å². The highest BCUT2D eigenvalue weighted by molar-refractivity contribution is 5.85. The Balaban J connectivity index is 0.00000256. The number of aromatic nitrogens is 2. The molecule has 0 aliphatic rings. The average molecular weight is 272 g/mol. The third-order valence-corrected chi connectivity index (χ3v) is 2.31. The number of aromatic amines is 1. The predicted molar refractivity (Wildman–Crippen MR) is 58.9 cm³/mol. The molecule has 0 bridgehead atoms. The lowest BCUT2D eigenvalue weighted by atomic mass is 9.99. The lowest BCUT2D eigenvalue weighted by molar-refractivity contribution is -0.141. The van der Waals surface area contributed by atoms with Crippen molar-refractivity contribution in [2.24, 2.45) is 5.73 Å². The fourth-order valence-electron chi connectivity index (χ4n) is 1.04. The number of hydrogen-bond acceptors (Lipinski definition) is 3. The number of nitrogens with two attached hydrogens (primary N) is 1. The molecule has 0 aliphatic carbocycles. The fourth-order valence-corrected chi connectivity index (χ4v) is 1.04. The van der Waals surface area contributed by atoms with Gasteiger partial charge in [-0.2, -0.15) is 13.2 Å². The number of halogens is 4. The Kier molecular flexibility index (Phi) is 4.73. The summed E-state index contributed by atoms with van der Waals surface area (Å²) in [5.74, 6) is -0.158. The van der Waals surface area contributed by atoms with E-state index in [2.05, 4.69) is 9.97 Å². The number of nitrogens with zero attached hydrogens (tertiary/aromatic N) is 1. The second kappa shape index (κ2) is 5.05. The summed E-state index contributed by atoms with van der Waals surface area (Å²) in [6, 6.07) is 0.412. The molecule has 1 aromatic rings. The summed E-state index contributed by atoms with van der Waals surface area (Å²) >= 11 is 0. The van der Waals surface area contributed by atoms with Crippen LogP contribution < -0.4 is 11.3 Å². The van der Waals surface area contributed by atoms with Crippen molar-refractivity contribution in [2.45, 2.75) is 32.0 Å². The van der Waals surface area contributed by atoms with E-state index in [0.717, 1.165) is 0 Å². The molecule has 0 aliphatic heterocycles. The van der Waals surface area contributed by atoms with Gasteiger partial charge in [0.1, 0.15) is 5.82 Å². The molecule has 98 valence electrons. The van der Waals surface area contributed by atoms with Gasteiger partial charge in [-0.05, 0) is 13.3 Å². The van der Waals surface area contributed by atoms with Crippen molar-refractivity contribution in [3.63, 3.8) is 0 Å². The van der Waals surface area contributed by atoms with E-state index in [1.165, 1.54) is 6.92 Å². The normalized spacial score (nSPS) is 14.9. The molecule has 4 nitrogen and oxygen atoms in total. The first-order valence-corrected chi connectivity index (χ1v) is 4.64. The van der Waals surface area contributed by atoms with Crippen LogP contribution in [-0.2, 0) is 11.7 Å². The minimum absolute atomic E-state index is 0. The summed E-state index contributed by atoms with van der Waals surface area (Å²) in [7, 11) is 0. The fraction of sp³-hybridized carbons (Fsp3) is 0.556. The molecule has 0 amide bonds. The molecule has 1 unspecified atom stereocenters. The van der Waals surface area contributed by atoms with Gasteiger partial charge in [0.2, 0.25) is 0 Å². The largest absolute Gasteiger partial charge is 0.433 e. The van der Waals surface area contributed by atoms with Crippen LogP contribution >= 0.6 is 12.4 Å². The van der Waals surface area contributed by atoms with Crippen molar-refractivity contribution in [1.82, 2.24) is 9.97 Å². The minimum Gasteiger partial charge on any atom is -0.319 e. The van der Waals surface area contributed by atoms with Crippen molar-refractivity contribution in [3.05, 3.63) is 27.9 Å². The Morgan fingerprint density at radius 2 is 2.00 bits per heavy atom. The quantitative estimate of drug-likeness (QED) is 0.861. The number of nitrogens with one attached hydrogen (secondary N) is 1. The molecule has 0 saturated carbocycles. The summed E-state index contributed by atoms with van der Waals surface area (Å²) in [6.07, 6.45) is -4.29. The third-order valence-electron chi connectivity index (χ3n) is 2.31. The molecule has 1 heterocycles. The maximum atomic E-state index is 12.4. The first-order valence-electron chi connectivity index (χ1n) is 4.64. The lowest BCUT2D eigenvalue weighted by Crippen LogP contribution is -2.37. The molecular formula is C9H13ClF3N3O. The van der Waals surface area contributed by atoms with Crippen LogP contribution in [0.15, 0.2) is 10.9 Å². The van der Waals surface area contributed by atoms with Crippen LogP contribution in [0.3, 0.4) is 0 Å². The van der Waals surface area contributed by atoms with E-state index >= 15 is 0 Å². The molecule has 8 heteroatoms. The second-order valence-corrected chi connectivity index (χ2v) is 3.75. The van der Waals surface area contributed by atoms with E-state index in [0.29, 0.717) is 12.5 Å². The van der Waals surface area contributed by atoms with Gasteiger partial charge in [0.25, 0.3) is 5.56 Å². The summed E-state index contributed by atoms with van der Waals surface area (Å²) in [4.78, 5) is 16.6. The first kappa shape index (κ1) is 15.9. The van der Waals surface area contributed by atoms with Gasteiger partial charge in [0.15, 0.2) is 5.69 Å². The number of hydrogen-bond donors (Lipinski definition) is 2. The van der Waals surface area contributed by atoms with Crippen molar-refractivity contribution >= 4 is 12.4 Å². The Labute approximate surface area is 102 Å². The molecule has 1 rings (SSSR count). The van der Waals surface area contributed by atoms with Crippen LogP contribution in [0.4, 0.5) is 13.2 Å². The van der Waals surface area contributed by atoms with Crippen LogP contribution in [0.2, 0.25) is 0 Å². The molecule has 0 saturated heterocycles. The maximum Gasteiger partial charge on any atom is 0.433 e. The van der Waals surface area contributed by atoms with Crippen LogP contribution in [0.1, 0.15) is 31.8 Å². The molecule has 0 spiro atoms. The zero-order valence-electron chi connectivity index (χ0n) is 9.26. The van der Waals surface area contributed by atoms with E-state index in [9.17, 15) is 18.0 Å². The monoisotopic (exact) mass is 271 g/mol. The van der Waals surface area contributed by atoms with E-state index in [1.54, 1.807) is 6.92 Å². The van der Waals surface area contributed by atoms with Crippen LogP contribution in [0.25, 0.3) is 0 Å². The number of H-pyrrole nitrogens is 1. The predicted octanol–water partition coefficient (Wildman–Crippen LogP) is 1.79. The van der Waals surface area contributed by atoms with E-state index in [1.807, 2.05) is 0 Å². The minimum atomic E-state index is -4.65. The van der Waals surface area contributed by atoms with Crippen molar-refractivity contribution in [3.8, 4) is 0 Å². The molecule has 17 heavy (non-hydrogen) atoms. The average Bonchev–Trinajstić information content (AvgIpc) is 2.15. The molecule has 1 aromatic heterocycles. The smallest absolute Gasteiger partial charge is 0.319 e. The standard InChI is InChI=1S/C9H12F3N3O.ClH/c1-3-8(2,13)7-14-5(9(10,11)12)4-6(16)15-7;/h4H,3,13H2,1-2H3,(H,14,15,16);1H. The van der Waals surface area contributed by atoms with Crippen LogP contribution in [0, 0.1) is 0 Å². The topological polar surface area (TPSA) is 71.8 Å². The van der Waals surface area contributed by atoms with Gasteiger partial charge in [-0.3, -0.25) is 4.79 Å². The first-order chi connectivity index (χ1) is 7.16. The van der Waals surface area contributed by atoms with Gasteiger partial charge in [-0.25, -0.2) is 4.98 Å². The summed E-state index contributed by atoms with van der Waals surface area (Å²) in [5, 5.41) is 0. The molecule has 3 N–H and O–H groups in total. The van der Waals surface area contributed by atoms with Crippen LogP contribution in [0.5, 0.6) is 0 Å². The van der Waals surface area contributed by atoms with Crippen molar-refractivity contribution < 1.29 is 13.2 Å². The highest BCUT2D eigenvalue weighted by atomic mass is 35.5. The van der Waals surface area contributed by atoms with Crippen LogP contribution in [-0.4, -0.2) is 9.97 Å². The lowest BCUT2D eigenvalue weighted by Gasteiger charge is -2.21. The Bertz CT molecular complexity index is 442. The highest BCUT2D eigenvalue weighted by Gasteiger charge is 2.35. The Hall–Kier alpha value is -1.08. The SMILES string of the molecule is CCC(C)(N)c1nc(C(F)(F)F)cc(=O)[nH]1.Cl. The third kappa shape index (κ3) is 3.71. The summed E-state index contributed by atoms with van der Waals surface area (Å²) < 4.78 is 37.2. The van der Waals surface area contributed by atoms with Gasteiger partial charge in [-0.15, -0.1) is 12.4 Å². The summed E-state index contributed by atoms with van der Waals surface area (Å²) in [6.45, 7) is 3.20. The van der Waals surface area contributed by atoms with Crippen molar-refractivity contribution in [1.29, 1.82) is 0 Å². The highest BCUT2D eigenvalue weighted by Crippen LogP contribution is 2.27.